The first kappa shape index (κ1) is 22.0. The maximum Gasteiger partial charge on any atom is 0.256 e. The summed E-state index contributed by atoms with van der Waals surface area (Å²) in [4.78, 5) is 25.4. The van der Waals surface area contributed by atoms with Crippen molar-refractivity contribution in [3.8, 4) is 0 Å². The first-order chi connectivity index (χ1) is 16.2. The number of rotatable bonds is 7. The van der Waals surface area contributed by atoms with Gasteiger partial charge in [-0.05, 0) is 31.4 Å². The Morgan fingerprint density at radius 3 is 2.64 bits per heavy atom. The van der Waals surface area contributed by atoms with E-state index in [1.807, 2.05) is 16.8 Å². The number of ether oxygens (including phenoxy) is 1. The summed E-state index contributed by atoms with van der Waals surface area (Å²) in [5, 5.41) is 4.29. The summed E-state index contributed by atoms with van der Waals surface area (Å²) in [5.74, 6) is 0.591. The molecular formula is C26H33N5O2. The van der Waals surface area contributed by atoms with Gasteiger partial charge in [-0.3, -0.25) is 14.3 Å². The summed E-state index contributed by atoms with van der Waals surface area (Å²) in [6, 6.07) is 10.6. The van der Waals surface area contributed by atoms with Crippen molar-refractivity contribution in [3.05, 3.63) is 63.6 Å². The fourth-order valence-electron chi connectivity index (χ4n) is 4.97. The van der Waals surface area contributed by atoms with Crippen LogP contribution in [0.1, 0.15) is 48.4 Å². The van der Waals surface area contributed by atoms with Gasteiger partial charge in [0.25, 0.3) is 5.56 Å². The predicted molar refractivity (Wildman–Crippen MR) is 131 cm³/mol. The number of aromatic nitrogens is 3. The molecule has 1 aliphatic carbocycles. The number of benzene rings is 1. The summed E-state index contributed by atoms with van der Waals surface area (Å²) in [5.41, 5.74) is 4.03. The second kappa shape index (κ2) is 10.0. The van der Waals surface area contributed by atoms with E-state index < -0.39 is 0 Å². The Morgan fingerprint density at radius 1 is 1.12 bits per heavy atom. The molecule has 0 unspecified atom stereocenters. The van der Waals surface area contributed by atoms with Gasteiger partial charge in [-0.15, -0.1) is 0 Å². The number of hydrogen-bond acceptors (Lipinski definition) is 6. The molecule has 1 aliphatic heterocycles. The Morgan fingerprint density at radius 2 is 1.88 bits per heavy atom. The summed E-state index contributed by atoms with van der Waals surface area (Å²) < 4.78 is 7.38. The van der Waals surface area contributed by atoms with Gasteiger partial charge in [0.15, 0.2) is 0 Å². The molecule has 3 aromatic rings. The lowest BCUT2D eigenvalue weighted by molar-refractivity contribution is 0.0398. The van der Waals surface area contributed by atoms with Gasteiger partial charge in [-0.1, -0.05) is 42.7 Å². The van der Waals surface area contributed by atoms with E-state index in [4.69, 9.17) is 9.72 Å². The molecule has 1 saturated carbocycles. The lowest BCUT2D eigenvalue weighted by Gasteiger charge is -2.26. The number of pyridine rings is 1. The van der Waals surface area contributed by atoms with Crippen molar-refractivity contribution in [2.45, 2.75) is 45.1 Å². The third-order valence-electron chi connectivity index (χ3n) is 6.87. The molecular weight excluding hydrogens is 414 g/mol. The normalized spacial score (nSPS) is 17.6. The van der Waals surface area contributed by atoms with Crippen LogP contribution in [0.15, 0.2) is 41.3 Å². The molecule has 1 aromatic carbocycles. The van der Waals surface area contributed by atoms with E-state index in [0.29, 0.717) is 12.4 Å². The number of aryl methyl sites for hydroxylation is 1. The van der Waals surface area contributed by atoms with E-state index in [1.54, 1.807) is 0 Å². The summed E-state index contributed by atoms with van der Waals surface area (Å²) >= 11 is 0. The first-order valence-electron chi connectivity index (χ1n) is 12.2. The molecule has 0 atom stereocenters. The minimum absolute atomic E-state index is 0.0907. The van der Waals surface area contributed by atoms with Gasteiger partial charge in [0.2, 0.25) is 5.95 Å². The first-order valence-corrected chi connectivity index (χ1v) is 12.2. The maximum atomic E-state index is 13.6. The largest absolute Gasteiger partial charge is 0.379 e. The molecule has 2 aliphatic rings. The Labute approximate surface area is 194 Å². The molecule has 33 heavy (non-hydrogen) atoms. The van der Waals surface area contributed by atoms with Crippen LogP contribution < -0.4 is 10.9 Å². The highest BCUT2D eigenvalue weighted by Gasteiger charge is 2.23. The average Bonchev–Trinajstić information content (AvgIpc) is 3.36. The molecule has 3 heterocycles. The number of anilines is 1. The smallest absolute Gasteiger partial charge is 0.256 e. The quantitative estimate of drug-likeness (QED) is 0.597. The van der Waals surface area contributed by atoms with Crippen LogP contribution in [0.2, 0.25) is 0 Å². The molecule has 2 aromatic heterocycles. The fourth-order valence-corrected chi connectivity index (χ4v) is 4.97. The van der Waals surface area contributed by atoms with E-state index in [1.165, 1.54) is 5.56 Å². The van der Waals surface area contributed by atoms with E-state index >= 15 is 0 Å². The zero-order valence-electron chi connectivity index (χ0n) is 19.4. The molecule has 1 saturated heterocycles. The SMILES string of the molecule is Cc1ccc(Cc2cc3cnc(NCCN4CCOCC4)nc3n(C3CCCC3)c2=O)cc1. The van der Waals surface area contributed by atoms with Gasteiger partial charge in [-0.2, -0.15) is 4.98 Å². The minimum atomic E-state index is 0.0907. The average molecular weight is 448 g/mol. The van der Waals surface area contributed by atoms with Crippen LogP contribution in [0.5, 0.6) is 0 Å². The van der Waals surface area contributed by atoms with Crippen molar-refractivity contribution in [3.63, 3.8) is 0 Å². The standard InChI is InChI=1S/C26H33N5O2/c1-19-6-8-20(9-7-19)16-21-17-22-18-28-26(27-10-11-30-12-14-33-15-13-30)29-24(22)31(25(21)32)23-4-2-3-5-23/h6-9,17-18,23H,2-5,10-16H2,1H3,(H,27,28,29). The number of nitrogens with zero attached hydrogens (tertiary/aromatic N) is 4. The molecule has 0 radical (unpaired) electrons. The van der Waals surface area contributed by atoms with Crippen LogP contribution in [0, 0.1) is 6.92 Å². The van der Waals surface area contributed by atoms with E-state index in [0.717, 1.165) is 87.2 Å². The molecule has 1 N–H and O–H groups in total. The Balaban J connectivity index is 1.43. The van der Waals surface area contributed by atoms with E-state index in [-0.39, 0.29) is 11.6 Å². The van der Waals surface area contributed by atoms with Gasteiger partial charge in [-0.25, -0.2) is 4.98 Å². The molecule has 2 fully saturated rings. The highest BCUT2D eigenvalue weighted by Crippen LogP contribution is 2.31. The zero-order chi connectivity index (χ0) is 22.6. The zero-order valence-corrected chi connectivity index (χ0v) is 19.4. The lowest BCUT2D eigenvalue weighted by atomic mass is 10.0. The minimum Gasteiger partial charge on any atom is -0.379 e. The Kier molecular flexibility index (Phi) is 6.69. The second-order valence-corrected chi connectivity index (χ2v) is 9.30. The molecule has 5 rings (SSSR count). The highest BCUT2D eigenvalue weighted by atomic mass is 16.5. The van der Waals surface area contributed by atoms with Crippen LogP contribution in [0.3, 0.4) is 0 Å². The number of fused-ring (bicyclic) bond motifs is 1. The van der Waals surface area contributed by atoms with Gasteiger partial charge >= 0.3 is 0 Å². The van der Waals surface area contributed by atoms with Gasteiger partial charge < -0.3 is 10.1 Å². The topological polar surface area (TPSA) is 72.3 Å². The number of hydrogen-bond donors (Lipinski definition) is 1. The maximum absolute atomic E-state index is 13.6. The lowest BCUT2D eigenvalue weighted by Crippen LogP contribution is -2.39. The molecule has 7 nitrogen and oxygen atoms in total. The molecule has 7 heteroatoms. The van der Waals surface area contributed by atoms with Crippen molar-refractivity contribution in [1.82, 2.24) is 19.4 Å². The monoisotopic (exact) mass is 447 g/mol. The van der Waals surface area contributed by atoms with Gasteiger partial charge in [0, 0.05) is 55.8 Å². The molecule has 0 spiro atoms. The number of nitrogens with one attached hydrogen (secondary N) is 1. The predicted octanol–water partition coefficient (Wildman–Crippen LogP) is 3.55. The highest BCUT2D eigenvalue weighted by molar-refractivity contribution is 5.76. The van der Waals surface area contributed by atoms with Crippen molar-refractivity contribution in [2.24, 2.45) is 0 Å². The second-order valence-electron chi connectivity index (χ2n) is 9.30. The van der Waals surface area contributed by atoms with Crippen LogP contribution >= 0.6 is 0 Å². The molecule has 0 amide bonds. The van der Waals surface area contributed by atoms with Crippen LogP contribution in [0.4, 0.5) is 5.95 Å². The van der Waals surface area contributed by atoms with Crippen LogP contribution in [0.25, 0.3) is 11.0 Å². The summed E-state index contributed by atoms with van der Waals surface area (Å²) in [6.07, 6.45) is 6.89. The molecule has 174 valence electrons. The third-order valence-corrected chi connectivity index (χ3v) is 6.87. The van der Waals surface area contributed by atoms with Crippen LogP contribution in [-0.4, -0.2) is 58.8 Å². The fraction of sp³-hybridized carbons (Fsp3) is 0.500. The van der Waals surface area contributed by atoms with Gasteiger partial charge in [0.1, 0.15) is 5.65 Å². The Bertz CT molecular complexity index is 1150. The third kappa shape index (κ3) is 5.09. The summed E-state index contributed by atoms with van der Waals surface area (Å²) in [6.45, 7) is 7.30. The van der Waals surface area contributed by atoms with E-state index in [2.05, 4.69) is 46.4 Å². The van der Waals surface area contributed by atoms with E-state index in [9.17, 15) is 4.79 Å². The summed E-state index contributed by atoms with van der Waals surface area (Å²) in [7, 11) is 0. The van der Waals surface area contributed by atoms with Crippen molar-refractivity contribution >= 4 is 17.0 Å². The number of morpholine rings is 1. The van der Waals surface area contributed by atoms with Crippen LogP contribution in [-0.2, 0) is 11.2 Å². The molecule has 0 bridgehead atoms. The van der Waals surface area contributed by atoms with Crippen molar-refractivity contribution in [1.29, 1.82) is 0 Å². The van der Waals surface area contributed by atoms with Crippen molar-refractivity contribution in [2.75, 3.05) is 44.7 Å². The van der Waals surface area contributed by atoms with Crippen molar-refractivity contribution < 1.29 is 4.74 Å². The Hall–Kier alpha value is -2.77. The van der Waals surface area contributed by atoms with Gasteiger partial charge in [0.05, 0.1) is 13.2 Å².